The van der Waals surface area contributed by atoms with Crippen molar-refractivity contribution in [3.8, 4) is 0 Å². The van der Waals surface area contributed by atoms with E-state index in [4.69, 9.17) is 23.2 Å². The molecule has 2 unspecified atom stereocenters. The van der Waals surface area contributed by atoms with E-state index < -0.39 is 0 Å². The molecule has 2 N–H and O–H groups in total. The van der Waals surface area contributed by atoms with E-state index in [9.17, 15) is 0 Å². The highest BCUT2D eigenvalue weighted by atomic mass is 35.5. The van der Waals surface area contributed by atoms with Crippen molar-refractivity contribution in [1.29, 1.82) is 0 Å². The minimum atomic E-state index is 0.449. The fraction of sp³-hybridized carbons (Fsp3) is 0.417. The van der Waals surface area contributed by atoms with Gasteiger partial charge in [0.2, 0.25) is 0 Å². The fourth-order valence-electron chi connectivity index (χ4n) is 2.42. The molecular weight excluding hydrogens is 257 g/mol. The summed E-state index contributed by atoms with van der Waals surface area (Å²) in [6.07, 6.45) is 3.50. The molecule has 1 heterocycles. The summed E-state index contributed by atoms with van der Waals surface area (Å²) in [6, 6.07) is 6.45. The van der Waals surface area contributed by atoms with E-state index in [0.29, 0.717) is 22.1 Å². The fourth-order valence-corrected chi connectivity index (χ4v) is 2.92. The summed E-state index contributed by atoms with van der Waals surface area (Å²) in [4.78, 5) is 4.60. The molecule has 1 saturated carbocycles. The maximum absolute atomic E-state index is 6.11. The molecule has 1 aliphatic heterocycles. The quantitative estimate of drug-likeness (QED) is 0.821. The zero-order chi connectivity index (χ0) is 11.8. The molecule has 1 aromatic carbocycles. The minimum absolute atomic E-state index is 0.449. The van der Waals surface area contributed by atoms with Crippen LogP contribution >= 0.6 is 23.2 Å². The second kappa shape index (κ2) is 4.39. The van der Waals surface area contributed by atoms with Crippen LogP contribution in [0.5, 0.6) is 0 Å². The van der Waals surface area contributed by atoms with Crippen LogP contribution in [0.25, 0.3) is 0 Å². The lowest BCUT2D eigenvalue weighted by Crippen LogP contribution is -2.41. The van der Waals surface area contributed by atoms with Crippen LogP contribution in [0.4, 0.5) is 5.69 Å². The molecule has 0 spiro atoms. The van der Waals surface area contributed by atoms with Gasteiger partial charge in [0.05, 0.1) is 21.8 Å². The number of nitrogens with one attached hydrogen (secondary N) is 2. The van der Waals surface area contributed by atoms with Crippen molar-refractivity contribution in [3.05, 3.63) is 28.2 Å². The Morgan fingerprint density at radius 1 is 1.24 bits per heavy atom. The summed E-state index contributed by atoms with van der Waals surface area (Å²) in [5.41, 5.74) is 0.725. The van der Waals surface area contributed by atoms with Crippen molar-refractivity contribution in [1.82, 2.24) is 5.32 Å². The van der Waals surface area contributed by atoms with E-state index >= 15 is 0 Å². The van der Waals surface area contributed by atoms with Gasteiger partial charge in [0, 0.05) is 6.04 Å². The standard InChI is InChI=1S/C12H13Cl2N3/c13-9-2-1-3-10(14)11(9)17-12-15-7-4-5-8(6-7)16-12/h1-3,7-8H,4-6H2,(H2,15,16,17). The lowest BCUT2D eigenvalue weighted by Gasteiger charge is -2.22. The molecule has 1 fully saturated rings. The number of aliphatic imine (C=N–C) groups is 1. The Balaban J connectivity index is 1.83. The highest BCUT2D eigenvalue weighted by Crippen LogP contribution is 2.31. The lowest BCUT2D eigenvalue weighted by atomic mass is 10.2. The number of hydrogen-bond donors (Lipinski definition) is 2. The van der Waals surface area contributed by atoms with Crippen LogP contribution in [0, 0.1) is 0 Å². The smallest absolute Gasteiger partial charge is 0.196 e. The van der Waals surface area contributed by atoms with Gasteiger partial charge in [-0.2, -0.15) is 0 Å². The number of para-hydroxylation sites is 1. The summed E-state index contributed by atoms with van der Waals surface area (Å²) < 4.78 is 0. The normalized spacial score (nSPS) is 26.4. The van der Waals surface area contributed by atoms with Crippen molar-refractivity contribution >= 4 is 34.8 Å². The third kappa shape index (κ3) is 2.22. The van der Waals surface area contributed by atoms with Crippen LogP contribution in [0.2, 0.25) is 10.0 Å². The van der Waals surface area contributed by atoms with Gasteiger partial charge in [-0.3, -0.25) is 0 Å². The number of nitrogens with zero attached hydrogens (tertiary/aromatic N) is 1. The number of hydrogen-bond acceptors (Lipinski definition) is 3. The van der Waals surface area contributed by atoms with E-state index in [2.05, 4.69) is 15.6 Å². The molecule has 3 nitrogen and oxygen atoms in total. The highest BCUT2D eigenvalue weighted by molar-refractivity contribution is 6.39. The highest BCUT2D eigenvalue weighted by Gasteiger charge is 2.29. The van der Waals surface area contributed by atoms with Crippen LogP contribution in [0.1, 0.15) is 19.3 Å². The van der Waals surface area contributed by atoms with Gasteiger partial charge in [-0.15, -0.1) is 0 Å². The Morgan fingerprint density at radius 2 is 2.00 bits per heavy atom. The van der Waals surface area contributed by atoms with Gasteiger partial charge in [0.15, 0.2) is 5.96 Å². The van der Waals surface area contributed by atoms with Gasteiger partial charge in [-0.25, -0.2) is 4.99 Å². The molecule has 1 aliphatic carbocycles. The zero-order valence-electron chi connectivity index (χ0n) is 9.21. The number of benzene rings is 1. The molecule has 0 radical (unpaired) electrons. The van der Waals surface area contributed by atoms with Crippen molar-refractivity contribution in [2.75, 3.05) is 5.32 Å². The molecule has 2 bridgehead atoms. The molecule has 2 aliphatic rings. The monoisotopic (exact) mass is 269 g/mol. The Kier molecular flexibility index (Phi) is 2.89. The second-order valence-corrected chi connectivity index (χ2v) is 5.32. The third-order valence-electron chi connectivity index (χ3n) is 3.26. The topological polar surface area (TPSA) is 36.4 Å². The van der Waals surface area contributed by atoms with Crippen molar-refractivity contribution in [2.45, 2.75) is 31.3 Å². The SMILES string of the molecule is Clc1cccc(Cl)c1NC1=NC2CCC(C2)N1. The van der Waals surface area contributed by atoms with Gasteiger partial charge in [0.1, 0.15) is 0 Å². The van der Waals surface area contributed by atoms with Crippen LogP contribution in [0.15, 0.2) is 23.2 Å². The summed E-state index contributed by atoms with van der Waals surface area (Å²) in [6.45, 7) is 0. The average molecular weight is 270 g/mol. The molecule has 90 valence electrons. The van der Waals surface area contributed by atoms with Crippen LogP contribution in [-0.4, -0.2) is 18.0 Å². The lowest BCUT2D eigenvalue weighted by molar-refractivity contribution is 0.582. The Morgan fingerprint density at radius 3 is 2.71 bits per heavy atom. The second-order valence-electron chi connectivity index (χ2n) is 4.51. The summed E-state index contributed by atoms with van der Waals surface area (Å²) in [5, 5.41) is 7.78. The van der Waals surface area contributed by atoms with Crippen molar-refractivity contribution < 1.29 is 0 Å². The first kappa shape index (κ1) is 11.2. The van der Waals surface area contributed by atoms with Gasteiger partial charge in [-0.05, 0) is 31.4 Å². The summed E-state index contributed by atoms with van der Waals surface area (Å²) in [5.74, 6) is 0.791. The molecule has 0 saturated heterocycles. The Labute approximate surface area is 110 Å². The minimum Gasteiger partial charge on any atom is -0.353 e. The first-order valence-electron chi connectivity index (χ1n) is 5.78. The predicted molar refractivity (Wildman–Crippen MR) is 72.1 cm³/mol. The van der Waals surface area contributed by atoms with Gasteiger partial charge < -0.3 is 10.6 Å². The summed E-state index contributed by atoms with van der Waals surface area (Å²) in [7, 11) is 0. The number of rotatable bonds is 1. The van der Waals surface area contributed by atoms with Gasteiger partial charge >= 0.3 is 0 Å². The number of anilines is 1. The molecule has 3 rings (SSSR count). The molecule has 2 atom stereocenters. The molecule has 17 heavy (non-hydrogen) atoms. The number of halogens is 2. The third-order valence-corrected chi connectivity index (χ3v) is 3.89. The maximum Gasteiger partial charge on any atom is 0.196 e. The number of guanidine groups is 1. The van der Waals surface area contributed by atoms with Crippen LogP contribution in [0.3, 0.4) is 0 Å². The maximum atomic E-state index is 6.11. The van der Waals surface area contributed by atoms with Gasteiger partial charge in [-0.1, -0.05) is 29.3 Å². The average Bonchev–Trinajstić information content (AvgIpc) is 2.64. The molecule has 0 aromatic heterocycles. The molecule has 0 amide bonds. The van der Waals surface area contributed by atoms with Crippen molar-refractivity contribution in [2.24, 2.45) is 4.99 Å². The van der Waals surface area contributed by atoms with E-state index in [1.54, 1.807) is 0 Å². The Bertz CT molecular complexity index is 453. The van der Waals surface area contributed by atoms with E-state index in [1.165, 1.54) is 12.8 Å². The van der Waals surface area contributed by atoms with Crippen molar-refractivity contribution in [3.63, 3.8) is 0 Å². The number of fused-ring (bicyclic) bond motifs is 2. The first-order valence-corrected chi connectivity index (χ1v) is 6.53. The van der Waals surface area contributed by atoms with E-state index in [-0.39, 0.29) is 0 Å². The molecular formula is C12H13Cl2N3. The van der Waals surface area contributed by atoms with E-state index in [1.807, 2.05) is 18.2 Å². The zero-order valence-corrected chi connectivity index (χ0v) is 10.7. The van der Waals surface area contributed by atoms with Gasteiger partial charge in [0.25, 0.3) is 0 Å². The van der Waals surface area contributed by atoms with Crippen LogP contribution in [-0.2, 0) is 0 Å². The molecule has 1 aromatic rings. The first-order chi connectivity index (χ1) is 8.22. The van der Waals surface area contributed by atoms with Crippen LogP contribution < -0.4 is 10.6 Å². The Hall–Kier alpha value is -0.930. The predicted octanol–water partition coefficient (Wildman–Crippen LogP) is 3.29. The summed E-state index contributed by atoms with van der Waals surface area (Å²) >= 11 is 12.2. The van der Waals surface area contributed by atoms with E-state index in [0.717, 1.165) is 18.1 Å². The molecule has 5 heteroatoms. The largest absolute Gasteiger partial charge is 0.353 e.